The van der Waals surface area contributed by atoms with Crippen LogP contribution in [-0.4, -0.2) is 44.5 Å². The van der Waals surface area contributed by atoms with Crippen LogP contribution in [0.25, 0.3) is 0 Å². The highest BCUT2D eigenvalue weighted by molar-refractivity contribution is 5.80. The lowest BCUT2D eigenvalue weighted by Crippen LogP contribution is -2.44. The van der Waals surface area contributed by atoms with Gasteiger partial charge < -0.3 is 20.1 Å². The van der Waals surface area contributed by atoms with Crippen molar-refractivity contribution in [3.8, 4) is 6.07 Å². The van der Waals surface area contributed by atoms with Crippen LogP contribution in [0.1, 0.15) is 31.4 Å². The molecule has 0 saturated carbocycles. The lowest BCUT2D eigenvalue weighted by atomic mass is 10.1. The molecule has 136 valence electrons. The van der Waals surface area contributed by atoms with E-state index < -0.39 is 0 Å². The number of halogens is 1. The van der Waals surface area contributed by atoms with E-state index in [-0.39, 0.29) is 24.5 Å². The molecule has 2 unspecified atom stereocenters. The molecule has 0 bridgehead atoms. The maximum Gasteiger partial charge on any atom is 0.191 e. The minimum Gasteiger partial charge on any atom is -0.379 e. The summed E-state index contributed by atoms with van der Waals surface area (Å²) in [5.41, 5.74) is 0.813. The van der Waals surface area contributed by atoms with Crippen LogP contribution < -0.4 is 10.6 Å². The van der Waals surface area contributed by atoms with Crippen LogP contribution >= 0.6 is 0 Å². The third kappa shape index (κ3) is 6.33. The van der Waals surface area contributed by atoms with Crippen LogP contribution in [0.5, 0.6) is 0 Å². The molecule has 25 heavy (non-hydrogen) atoms. The quantitative estimate of drug-likeness (QED) is 0.582. The fourth-order valence-electron chi connectivity index (χ4n) is 2.45. The summed E-state index contributed by atoms with van der Waals surface area (Å²) < 4.78 is 24.9. The van der Waals surface area contributed by atoms with E-state index in [1.807, 2.05) is 19.9 Å². The van der Waals surface area contributed by atoms with E-state index in [0.717, 1.165) is 13.0 Å². The van der Waals surface area contributed by atoms with Crippen LogP contribution in [0.4, 0.5) is 4.39 Å². The zero-order valence-corrected chi connectivity index (χ0v) is 14.7. The number of nitrogens with one attached hydrogen (secondary N) is 2. The summed E-state index contributed by atoms with van der Waals surface area (Å²) in [6.45, 7) is 6.75. The first-order valence-corrected chi connectivity index (χ1v) is 8.55. The first kappa shape index (κ1) is 19.2. The molecule has 0 spiro atoms. The first-order valence-electron chi connectivity index (χ1n) is 8.55. The molecule has 1 heterocycles. The standard InChI is InChI=1S/C18H25FN4O2/c1-3-21-18(23-13(2)11-25-16-6-7-24-12-16)22-10-15-8-14(9-20)4-5-17(15)19/h4-5,8,13,16H,3,6-7,10-12H2,1-2H3,(H2,21,22,23). The highest BCUT2D eigenvalue weighted by Crippen LogP contribution is 2.11. The van der Waals surface area contributed by atoms with Gasteiger partial charge in [0.25, 0.3) is 0 Å². The summed E-state index contributed by atoms with van der Waals surface area (Å²) in [7, 11) is 0. The Kier molecular flexibility index (Phi) is 7.64. The van der Waals surface area contributed by atoms with Crippen molar-refractivity contribution < 1.29 is 13.9 Å². The number of ether oxygens (including phenoxy) is 2. The molecular weight excluding hydrogens is 323 g/mol. The number of nitriles is 1. The molecule has 6 nitrogen and oxygen atoms in total. The van der Waals surface area contributed by atoms with Gasteiger partial charge in [0.2, 0.25) is 0 Å². The third-order valence-electron chi connectivity index (χ3n) is 3.78. The van der Waals surface area contributed by atoms with Gasteiger partial charge in [-0.1, -0.05) is 0 Å². The molecule has 1 aromatic carbocycles. The third-order valence-corrected chi connectivity index (χ3v) is 3.78. The van der Waals surface area contributed by atoms with Crippen molar-refractivity contribution in [1.29, 1.82) is 5.26 Å². The van der Waals surface area contributed by atoms with Gasteiger partial charge in [-0.05, 0) is 38.5 Å². The highest BCUT2D eigenvalue weighted by atomic mass is 19.1. The van der Waals surface area contributed by atoms with Crippen molar-refractivity contribution in [1.82, 2.24) is 10.6 Å². The zero-order chi connectivity index (χ0) is 18.1. The Morgan fingerprint density at radius 3 is 3.08 bits per heavy atom. The topological polar surface area (TPSA) is 78.7 Å². The van der Waals surface area contributed by atoms with E-state index in [2.05, 4.69) is 15.6 Å². The Hall–Kier alpha value is -2.17. The van der Waals surface area contributed by atoms with Gasteiger partial charge >= 0.3 is 0 Å². The summed E-state index contributed by atoms with van der Waals surface area (Å²) in [4.78, 5) is 4.40. The second-order valence-electron chi connectivity index (χ2n) is 5.98. The van der Waals surface area contributed by atoms with Crippen LogP contribution in [0, 0.1) is 17.1 Å². The van der Waals surface area contributed by atoms with E-state index in [1.54, 1.807) is 0 Å². The summed E-state index contributed by atoms with van der Waals surface area (Å²) in [5.74, 6) is 0.222. The van der Waals surface area contributed by atoms with Gasteiger partial charge in [0.05, 0.1) is 37.5 Å². The SMILES string of the molecule is CCNC(=NCc1cc(C#N)ccc1F)NC(C)COC1CCOC1. The van der Waals surface area contributed by atoms with Gasteiger partial charge in [-0.25, -0.2) is 9.38 Å². The fraction of sp³-hybridized carbons (Fsp3) is 0.556. The maximum atomic E-state index is 13.8. The van der Waals surface area contributed by atoms with Crippen molar-refractivity contribution in [2.45, 2.75) is 39.0 Å². The molecule has 0 aromatic heterocycles. The van der Waals surface area contributed by atoms with Gasteiger partial charge in [0, 0.05) is 24.8 Å². The molecular formula is C18H25FN4O2. The monoisotopic (exact) mass is 348 g/mol. The Bertz CT molecular complexity index is 624. The van der Waals surface area contributed by atoms with Gasteiger partial charge in [0.15, 0.2) is 5.96 Å². The largest absolute Gasteiger partial charge is 0.379 e. The first-order chi connectivity index (χ1) is 12.1. The molecule has 0 aliphatic carbocycles. The summed E-state index contributed by atoms with van der Waals surface area (Å²) >= 11 is 0. The van der Waals surface area contributed by atoms with Crippen LogP contribution in [-0.2, 0) is 16.0 Å². The molecule has 0 amide bonds. The molecule has 1 aromatic rings. The smallest absolute Gasteiger partial charge is 0.191 e. The van der Waals surface area contributed by atoms with E-state index in [1.165, 1.54) is 18.2 Å². The summed E-state index contributed by atoms with van der Waals surface area (Å²) in [6, 6.07) is 6.33. The van der Waals surface area contributed by atoms with Crippen molar-refractivity contribution in [3.05, 3.63) is 35.1 Å². The zero-order valence-electron chi connectivity index (χ0n) is 14.7. The summed E-state index contributed by atoms with van der Waals surface area (Å²) in [6.07, 6.45) is 1.08. The van der Waals surface area contributed by atoms with E-state index in [4.69, 9.17) is 14.7 Å². The maximum absolute atomic E-state index is 13.8. The molecule has 0 radical (unpaired) electrons. The average Bonchev–Trinajstić information content (AvgIpc) is 3.13. The number of benzene rings is 1. The molecule has 1 aliphatic heterocycles. The van der Waals surface area contributed by atoms with E-state index >= 15 is 0 Å². The van der Waals surface area contributed by atoms with Crippen molar-refractivity contribution in [3.63, 3.8) is 0 Å². The Balaban J connectivity index is 1.92. The molecule has 2 rings (SSSR count). The minimum absolute atomic E-state index is 0.0497. The second-order valence-corrected chi connectivity index (χ2v) is 5.98. The summed E-state index contributed by atoms with van der Waals surface area (Å²) in [5, 5.41) is 15.3. The lowest BCUT2D eigenvalue weighted by molar-refractivity contribution is 0.0347. The molecule has 2 atom stereocenters. The fourth-order valence-corrected chi connectivity index (χ4v) is 2.45. The van der Waals surface area contributed by atoms with E-state index in [0.29, 0.717) is 36.8 Å². The molecule has 1 aliphatic rings. The van der Waals surface area contributed by atoms with Crippen LogP contribution in [0.15, 0.2) is 23.2 Å². The van der Waals surface area contributed by atoms with Gasteiger partial charge in [-0.2, -0.15) is 5.26 Å². The van der Waals surface area contributed by atoms with Crippen molar-refractivity contribution in [2.75, 3.05) is 26.4 Å². The van der Waals surface area contributed by atoms with Gasteiger partial charge in [0.1, 0.15) is 5.82 Å². The van der Waals surface area contributed by atoms with E-state index in [9.17, 15) is 4.39 Å². The number of hydrogen-bond acceptors (Lipinski definition) is 4. The van der Waals surface area contributed by atoms with Gasteiger partial charge in [-0.15, -0.1) is 0 Å². The number of guanidine groups is 1. The van der Waals surface area contributed by atoms with Gasteiger partial charge in [-0.3, -0.25) is 0 Å². The van der Waals surface area contributed by atoms with Crippen LogP contribution in [0.3, 0.4) is 0 Å². The number of aliphatic imine (C=N–C) groups is 1. The minimum atomic E-state index is -0.365. The predicted molar refractivity (Wildman–Crippen MR) is 93.7 cm³/mol. The average molecular weight is 348 g/mol. The molecule has 7 heteroatoms. The Morgan fingerprint density at radius 1 is 1.56 bits per heavy atom. The van der Waals surface area contributed by atoms with Crippen molar-refractivity contribution >= 4 is 5.96 Å². The molecule has 1 fully saturated rings. The Labute approximate surface area is 148 Å². The van der Waals surface area contributed by atoms with Crippen LogP contribution in [0.2, 0.25) is 0 Å². The highest BCUT2D eigenvalue weighted by Gasteiger charge is 2.17. The number of rotatable bonds is 7. The van der Waals surface area contributed by atoms with Crippen molar-refractivity contribution in [2.24, 2.45) is 4.99 Å². The molecule has 2 N–H and O–H groups in total. The number of hydrogen-bond donors (Lipinski definition) is 2. The molecule has 1 saturated heterocycles. The normalized spacial score (nSPS) is 18.6. The second kappa shape index (κ2) is 9.97. The number of nitrogens with zero attached hydrogens (tertiary/aromatic N) is 2. The predicted octanol–water partition coefficient (Wildman–Crippen LogP) is 1.95. The Morgan fingerprint density at radius 2 is 2.40 bits per heavy atom. The lowest BCUT2D eigenvalue weighted by Gasteiger charge is -2.19.